The number of pyridine rings is 1. The molecule has 2 aromatic carbocycles. The number of halogens is 3. The number of nitrogens with zero attached hydrogens (tertiary/aromatic N) is 2. The summed E-state index contributed by atoms with van der Waals surface area (Å²) < 4.78 is 44.8. The maximum atomic E-state index is 14.0. The van der Waals surface area contributed by atoms with Crippen molar-refractivity contribution in [3.8, 4) is 16.2 Å². The molecule has 2 fully saturated rings. The Labute approximate surface area is 424 Å². The number of thiophene rings is 1. The third kappa shape index (κ3) is 16.0. The number of methoxy groups -OCH3 is 1. The standard InChI is InChI=1S/C55H69F3N6O7S/c1-35-24-26-72-49(35)40-19-15-37(16-20-40)31-62-52(69)45-30-43(65)34-64(45)53(70)50(54(2,3)4)63-47(66)13-8-6-7-9-25-59-48(67)28-38-11-10-12-39(27-38)32-61-51(68)44-29-41(46(71-5)33-60-44)21-14-36-17-22-42(23-18-36)55(56,57)58/h10-12,14-16,19-21,24,26-27,29,33,36,42-43,45,50,65H,6-9,13,17-18,22-23,25,28,30-32,34H2,1-5H3,(H,59,67)(H,61,68)(H,62,69)(H,63,66)/b21-14+/t36?,42?,43-,45+,50-/m1/s1. The number of hydrogen-bond donors (Lipinski definition) is 5. The fourth-order valence-electron chi connectivity index (χ4n) is 9.23. The third-order valence-corrected chi connectivity index (χ3v) is 14.5. The summed E-state index contributed by atoms with van der Waals surface area (Å²) in [5, 5.41) is 24.3. The first kappa shape index (κ1) is 55.2. The Bertz CT molecular complexity index is 2520. The number of allylic oxidation sites excluding steroid dienone is 1. The van der Waals surface area contributed by atoms with Gasteiger partial charge in [-0.05, 0) is 102 Å². The topological polar surface area (TPSA) is 179 Å². The van der Waals surface area contributed by atoms with Crippen LogP contribution in [-0.4, -0.2) is 89.1 Å². The lowest BCUT2D eigenvalue weighted by molar-refractivity contribution is -0.183. The number of alkyl halides is 3. The molecule has 13 nitrogen and oxygen atoms in total. The molecule has 5 N–H and O–H groups in total. The van der Waals surface area contributed by atoms with Gasteiger partial charge in [-0.25, -0.2) is 4.98 Å². The van der Waals surface area contributed by atoms with Gasteiger partial charge in [-0.2, -0.15) is 13.2 Å². The smallest absolute Gasteiger partial charge is 0.391 e. The van der Waals surface area contributed by atoms with Crippen molar-refractivity contribution in [2.45, 2.75) is 136 Å². The molecule has 3 atom stereocenters. The van der Waals surface area contributed by atoms with E-state index in [9.17, 15) is 42.3 Å². The number of aliphatic hydroxyl groups is 1. The lowest BCUT2D eigenvalue weighted by Gasteiger charge is -2.35. The van der Waals surface area contributed by atoms with Crippen LogP contribution in [0.5, 0.6) is 5.75 Å². The summed E-state index contributed by atoms with van der Waals surface area (Å²) in [5.74, 6) is -2.42. The van der Waals surface area contributed by atoms with Crippen molar-refractivity contribution in [2.24, 2.45) is 17.3 Å². The zero-order chi connectivity index (χ0) is 52.0. The average Bonchev–Trinajstić information content (AvgIpc) is 3.97. The third-order valence-electron chi connectivity index (χ3n) is 13.4. The largest absolute Gasteiger partial charge is 0.495 e. The molecule has 0 radical (unpaired) electrons. The molecular formula is C55H69F3N6O7S. The number of amides is 5. The molecule has 0 spiro atoms. The van der Waals surface area contributed by atoms with E-state index in [0.29, 0.717) is 43.5 Å². The second-order valence-electron chi connectivity index (χ2n) is 20.1. The summed E-state index contributed by atoms with van der Waals surface area (Å²) >= 11 is 1.68. The average molecular weight is 1020 g/mol. The molecule has 1 saturated carbocycles. The van der Waals surface area contributed by atoms with E-state index in [1.54, 1.807) is 23.5 Å². The van der Waals surface area contributed by atoms with E-state index in [4.69, 9.17) is 4.74 Å². The van der Waals surface area contributed by atoms with Crippen LogP contribution in [0, 0.1) is 24.2 Å². The van der Waals surface area contributed by atoms with E-state index in [1.165, 1.54) is 28.6 Å². The lowest BCUT2D eigenvalue weighted by Crippen LogP contribution is -2.57. The zero-order valence-corrected chi connectivity index (χ0v) is 42.7. The van der Waals surface area contributed by atoms with Gasteiger partial charge in [0.15, 0.2) is 0 Å². The summed E-state index contributed by atoms with van der Waals surface area (Å²) in [6, 6.07) is 17.2. The van der Waals surface area contributed by atoms with Gasteiger partial charge >= 0.3 is 6.18 Å². The van der Waals surface area contributed by atoms with Gasteiger partial charge in [-0.15, -0.1) is 11.3 Å². The summed E-state index contributed by atoms with van der Waals surface area (Å²) in [5.41, 5.74) is 4.88. The summed E-state index contributed by atoms with van der Waals surface area (Å²) in [6.45, 7) is 8.55. The fraction of sp³-hybridized carbons (Fsp3) is 0.491. The van der Waals surface area contributed by atoms with E-state index in [1.807, 2.05) is 75.4 Å². The highest BCUT2D eigenvalue weighted by atomic mass is 32.1. The molecule has 4 aromatic rings. The van der Waals surface area contributed by atoms with Crippen LogP contribution in [0.15, 0.2) is 78.3 Å². The Balaban J connectivity index is 0.876. The molecule has 2 aliphatic rings. The number of β-amino-alcohol motifs (C(OH)–C–C–N with tert-alkyl or cyclic N) is 1. The number of benzene rings is 2. The maximum Gasteiger partial charge on any atom is 0.391 e. The number of rotatable bonds is 21. The molecule has 1 aliphatic carbocycles. The summed E-state index contributed by atoms with van der Waals surface area (Å²) in [7, 11) is 1.48. The SMILES string of the molecule is COc1cnc(C(=O)NCc2cccc(CC(=O)NCCCCCCC(=O)N[C@H](C(=O)N3C[C@H](O)C[C@H]3C(=O)NCc3ccc(-c4sccc4C)cc3)C(C)(C)C)c2)cc1/C=C/C1CCC(C(F)(F)F)CC1. The number of aliphatic hydroxyl groups excluding tert-OH is 1. The van der Waals surface area contributed by atoms with Gasteiger partial charge in [0.05, 0.1) is 31.7 Å². The van der Waals surface area contributed by atoms with E-state index < -0.39 is 47.5 Å². The molecule has 0 unspecified atom stereocenters. The molecule has 1 aliphatic heterocycles. The zero-order valence-electron chi connectivity index (χ0n) is 41.9. The maximum absolute atomic E-state index is 14.0. The molecule has 6 rings (SSSR count). The predicted octanol–water partition coefficient (Wildman–Crippen LogP) is 8.86. The van der Waals surface area contributed by atoms with E-state index in [-0.39, 0.29) is 81.1 Å². The van der Waals surface area contributed by atoms with Crippen molar-refractivity contribution in [2.75, 3.05) is 20.2 Å². The monoisotopic (exact) mass is 1010 g/mol. The van der Waals surface area contributed by atoms with Crippen LogP contribution in [0.1, 0.15) is 123 Å². The number of likely N-dealkylation sites (tertiary alicyclic amines) is 1. The Kier molecular flexibility index (Phi) is 19.6. The quantitative estimate of drug-likeness (QED) is 0.0514. The predicted molar refractivity (Wildman–Crippen MR) is 273 cm³/mol. The molecule has 388 valence electrons. The molecular weight excluding hydrogens is 946 g/mol. The minimum absolute atomic E-state index is 0.0000590. The number of nitrogens with one attached hydrogen (secondary N) is 4. The van der Waals surface area contributed by atoms with Gasteiger partial charge < -0.3 is 36.0 Å². The Morgan fingerprint density at radius 3 is 2.26 bits per heavy atom. The fourth-order valence-corrected chi connectivity index (χ4v) is 10.2. The number of aryl methyl sites for hydroxylation is 1. The Morgan fingerprint density at radius 1 is 0.875 bits per heavy atom. The van der Waals surface area contributed by atoms with Crippen molar-refractivity contribution >= 4 is 46.9 Å². The number of aromatic nitrogens is 1. The first-order valence-corrected chi connectivity index (χ1v) is 25.8. The van der Waals surface area contributed by atoms with Crippen LogP contribution < -0.4 is 26.0 Å². The van der Waals surface area contributed by atoms with Crippen molar-refractivity contribution in [3.05, 3.63) is 112 Å². The van der Waals surface area contributed by atoms with Crippen LogP contribution in [-0.2, 0) is 38.7 Å². The van der Waals surface area contributed by atoms with Crippen molar-refractivity contribution in [1.29, 1.82) is 0 Å². The number of carbonyl (C=O) groups excluding carboxylic acids is 5. The van der Waals surface area contributed by atoms with Gasteiger partial charge in [-0.1, -0.05) is 94.3 Å². The van der Waals surface area contributed by atoms with Gasteiger partial charge in [0, 0.05) is 49.5 Å². The number of ether oxygens (including phenoxy) is 1. The van der Waals surface area contributed by atoms with Gasteiger partial charge in [-0.3, -0.25) is 24.0 Å². The van der Waals surface area contributed by atoms with Crippen LogP contribution in [0.2, 0.25) is 0 Å². The van der Waals surface area contributed by atoms with Gasteiger partial charge in [0.25, 0.3) is 5.91 Å². The second kappa shape index (κ2) is 25.5. The van der Waals surface area contributed by atoms with Crippen molar-refractivity contribution < 1.29 is 47.0 Å². The molecule has 5 amide bonds. The number of hydrogen-bond acceptors (Lipinski definition) is 9. The van der Waals surface area contributed by atoms with Crippen LogP contribution in [0.3, 0.4) is 0 Å². The Hall–Kier alpha value is -6.07. The molecule has 17 heteroatoms. The highest BCUT2D eigenvalue weighted by molar-refractivity contribution is 7.13. The first-order chi connectivity index (χ1) is 34.3. The molecule has 72 heavy (non-hydrogen) atoms. The van der Waals surface area contributed by atoms with E-state index in [2.05, 4.69) is 44.6 Å². The lowest BCUT2D eigenvalue weighted by atomic mass is 9.81. The van der Waals surface area contributed by atoms with Crippen molar-refractivity contribution in [1.82, 2.24) is 31.2 Å². The summed E-state index contributed by atoms with van der Waals surface area (Å²) in [4.78, 5) is 73.5. The van der Waals surface area contributed by atoms with Crippen LogP contribution >= 0.6 is 11.3 Å². The van der Waals surface area contributed by atoms with Crippen LogP contribution in [0.4, 0.5) is 13.2 Å². The summed E-state index contributed by atoms with van der Waals surface area (Å²) in [6.07, 6.45) is 4.40. The van der Waals surface area contributed by atoms with Crippen LogP contribution in [0.25, 0.3) is 16.5 Å². The van der Waals surface area contributed by atoms with E-state index in [0.717, 1.165) is 35.1 Å². The molecule has 0 bridgehead atoms. The number of unbranched alkanes of at least 4 members (excludes halogenated alkanes) is 3. The van der Waals surface area contributed by atoms with Gasteiger partial charge in [0.1, 0.15) is 23.5 Å². The second-order valence-corrected chi connectivity index (χ2v) is 21.0. The molecule has 1 saturated heterocycles. The molecule has 3 heterocycles. The Morgan fingerprint density at radius 2 is 1.58 bits per heavy atom. The minimum Gasteiger partial charge on any atom is -0.495 e. The normalized spacial score (nSPS) is 18.7. The number of carbonyl (C=O) groups is 5. The highest BCUT2D eigenvalue weighted by Gasteiger charge is 2.45. The minimum atomic E-state index is -4.17. The highest BCUT2D eigenvalue weighted by Crippen LogP contribution is 2.40. The first-order valence-electron chi connectivity index (χ1n) is 24.9. The molecule has 2 aromatic heterocycles. The van der Waals surface area contributed by atoms with E-state index >= 15 is 0 Å². The van der Waals surface area contributed by atoms with Crippen molar-refractivity contribution in [3.63, 3.8) is 0 Å². The van der Waals surface area contributed by atoms with Gasteiger partial charge in [0.2, 0.25) is 23.6 Å².